The maximum absolute atomic E-state index is 14.0. The summed E-state index contributed by atoms with van der Waals surface area (Å²) in [5.74, 6) is -11.2. The summed E-state index contributed by atoms with van der Waals surface area (Å²) in [4.78, 5) is 143. The minimum absolute atomic E-state index is 0.0256. The molecule has 74 heavy (non-hydrogen) atoms. The predicted octanol–water partition coefficient (Wildman–Crippen LogP) is -2.67. The molecule has 0 saturated carbocycles. The van der Waals surface area contributed by atoms with Crippen molar-refractivity contribution in [3.63, 3.8) is 0 Å². The van der Waals surface area contributed by atoms with Crippen LogP contribution in [0.15, 0.2) is 30.3 Å². The molecule has 0 aliphatic rings. The van der Waals surface area contributed by atoms with Crippen LogP contribution in [0.3, 0.4) is 0 Å². The van der Waals surface area contributed by atoms with Gasteiger partial charge in [-0.05, 0) is 116 Å². The summed E-state index contributed by atoms with van der Waals surface area (Å²) in [5.41, 5.74) is 23.3. The summed E-state index contributed by atoms with van der Waals surface area (Å²) in [7, 11) is 0. The highest BCUT2D eigenvalue weighted by molar-refractivity contribution is 5.98. The Kier molecular flexibility index (Phi) is 31.2. The zero-order valence-electron chi connectivity index (χ0n) is 42.8. The molecule has 0 saturated heterocycles. The van der Waals surface area contributed by atoms with Crippen LogP contribution in [0, 0.1) is 5.92 Å². The SMILES string of the molecule is CC(C)[C@H](NC(=O)[C@H](CCCCN)NC(=O)[C@H](CCCCN)NC(=O)[C@H](C)NC(=O)[C@@H](N)CCC(=O)O)C(=O)N[C@@H](CCC(=O)O)C(=O)N[C@@H](C)C(=O)N[C@@H](Cc1ccccc1)C(=O)N[C@@H](CCCCN)C(=O)O. The number of carboxylic acids is 3. The van der Waals surface area contributed by atoms with Gasteiger partial charge in [-0.15, -0.1) is 0 Å². The first kappa shape index (κ1) is 65.2. The van der Waals surface area contributed by atoms with Gasteiger partial charge in [-0.3, -0.25) is 47.9 Å². The fourth-order valence-electron chi connectivity index (χ4n) is 7.23. The number of carbonyl (C=O) groups is 11. The third-order valence-corrected chi connectivity index (χ3v) is 11.7. The first-order chi connectivity index (χ1) is 34.9. The maximum atomic E-state index is 14.0. The van der Waals surface area contributed by atoms with E-state index in [0.29, 0.717) is 50.6 Å². The lowest BCUT2D eigenvalue weighted by Crippen LogP contribution is -2.61. The molecule has 26 nitrogen and oxygen atoms in total. The van der Waals surface area contributed by atoms with E-state index in [0.717, 1.165) is 0 Å². The number of benzene rings is 1. The van der Waals surface area contributed by atoms with E-state index in [1.807, 2.05) is 0 Å². The molecule has 1 rings (SSSR count). The second kappa shape index (κ2) is 35.4. The van der Waals surface area contributed by atoms with Crippen molar-refractivity contribution >= 4 is 65.2 Å². The smallest absolute Gasteiger partial charge is 0.326 e. The Bertz CT molecular complexity index is 2010. The van der Waals surface area contributed by atoms with Crippen LogP contribution in [-0.2, 0) is 59.2 Å². The van der Waals surface area contributed by atoms with Crippen molar-refractivity contribution < 1.29 is 68.1 Å². The fraction of sp³-hybridized carbons (Fsp3) is 0.646. The standard InChI is InChI=1S/C48H80N12O14/c1-27(2)39(60-45(70)33(17-9-12-24-50)56-44(69)32(16-8-11-23-49)55-40(65)28(3)53-42(67)31(52)19-21-37(61)62)47(72)57-34(20-22-38(63)64)43(68)54-29(4)41(66)59-36(26-30-14-6-5-7-15-30)46(71)58-35(48(73)74)18-10-13-25-51/h5-7,14-15,27-29,31-36,39H,8-13,16-26,49-52H2,1-4H3,(H,53,67)(H,54,68)(H,55,65)(H,56,69)(H,57,72)(H,58,71)(H,59,66)(H,60,70)(H,61,62)(H,63,64)(H,73,74)/t28-,29-,31-,32-,33-,34-,35-,36-,39-/m0/s1. The summed E-state index contributed by atoms with van der Waals surface area (Å²) in [6.45, 7) is 6.59. The van der Waals surface area contributed by atoms with E-state index in [4.69, 9.17) is 28.0 Å². The number of aliphatic carboxylic acids is 3. The molecule has 1 aromatic rings. The Balaban J connectivity index is 3.33. The summed E-state index contributed by atoms with van der Waals surface area (Å²) in [6.07, 6.45) is 0.990. The molecule has 416 valence electrons. The van der Waals surface area contributed by atoms with Gasteiger partial charge in [-0.1, -0.05) is 44.2 Å². The highest BCUT2D eigenvalue weighted by Gasteiger charge is 2.35. The largest absolute Gasteiger partial charge is 0.481 e. The van der Waals surface area contributed by atoms with Gasteiger partial charge in [-0.2, -0.15) is 0 Å². The molecule has 1 aromatic carbocycles. The van der Waals surface area contributed by atoms with Crippen LogP contribution in [-0.4, -0.2) is 154 Å². The van der Waals surface area contributed by atoms with Crippen LogP contribution in [0.1, 0.15) is 117 Å². The molecule has 26 heteroatoms. The van der Waals surface area contributed by atoms with Crippen molar-refractivity contribution in [2.24, 2.45) is 28.9 Å². The number of nitrogens with two attached hydrogens (primary N) is 4. The molecule has 9 atom stereocenters. The average Bonchev–Trinajstić information content (AvgIpc) is 3.34. The lowest BCUT2D eigenvalue weighted by atomic mass is 10.00. The number of hydrogen-bond acceptors (Lipinski definition) is 15. The molecule has 0 unspecified atom stereocenters. The number of amides is 8. The zero-order valence-corrected chi connectivity index (χ0v) is 42.8. The maximum Gasteiger partial charge on any atom is 0.326 e. The molecule has 0 aliphatic carbocycles. The average molecular weight is 1050 g/mol. The quantitative estimate of drug-likeness (QED) is 0.0300. The predicted molar refractivity (Wildman–Crippen MR) is 270 cm³/mol. The highest BCUT2D eigenvalue weighted by atomic mass is 16.4. The fourth-order valence-corrected chi connectivity index (χ4v) is 7.23. The van der Waals surface area contributed by atoms with Gasteiger partial charge < -0.3 is 80.8 Å². The molecule has 0 fully saturated rings. The van der Waals surface area contributed by atoms with Crippen molar-refractivity contribution in [2.45, 2.75) is 172 Å². The van der Waals surface area contributed by atoms with Gasteiger partial charge in [0.2, 0.25) is 47.3 Å². The molecule has 0 aromatic heterocycles. The Hall–Kier alpha value is -6.77. The minimum atomic E-state index is -1.58. The third kappa shape index (κ3) is 25.7. The van der Waals surface area contributed by atoms with E-state index in [9.17, 15) is 63.0 Å². The van der Waals surface area contributed by atoms with Crippen molar-refractivity contribution in [1.29, 1.82) is 0 Å². The minimum Gasteiger partial charge on any atom is -0.481 e. The summed E-state index contributed by atoms with van der Waals surface area (Å²) >= 11 is 0. The number of carboxylic acid groups (broad SMARTS) is 3. The van der Waals surface area contributed by atoms with E-state index < -0.39 is 138 Å². The van der Waals surface area contributed by atoms with Gasteiger partial charge >= 0.3 is 17.9 Å². The summed E-state index contributed by atoms with van der Waals surface area (Å²) < 4.78 is 0. The van der Waals surface area contributed by atoms with Gasteiger partial charge in [0.15, 0.2) is 0 Å². The van der Waals surface area contributed by atoms with Crippen LogP contribution >= 0.6 is 0 Å². The van der Waals surface area contributed by atoms with Crippen LogP contribution < -0.4 is 65.5 Å². The zero-order chi connectivity index (χ0) is 55.9. The van der Waals surface area contributed by atoms with Gasteiger partial charge in [0.25, 0.3) is 0 Å². The van der Waals surface area contributed by atoms with E-state index >= 15 is 0 Å². The van der Waals surface area contributed by atoms with Gasteiger partial charge in [-0.25, -0.2) is 4.79 Å². The number of unbranched alkanes of at least 4 members (excludes halogenated alkanes) is 3. The molecular weight excluding hydrogens is 969 g/mol. The lowest BCUT2D eigenvalue weighted by molar-refractivity contribution is -0.142. The second-order valence-corrected chi connectivity index (χ2v) is 18.3. The topological polar surface area (TPSA) is 449 Å². The first-order valence-corrected chi connectivity index (χ1v) is 24.9. The molecular formula is C48H80N12O14. The first-order valence-electron chi connectivity index (χ1n) is 24.9. The Morgan fingerprint density at radius 1 is 0.432 bits per heavy atom. The molecule has 0 heterocycles. The summed E-state index contributed by atoms with van der Waals surface area (Å²) in [5, 5.41) is 48.4. The normalized spacial score (nSPS) is 14.7. The molecule has 8 amide bonds. The lowest BCUT2D eigenvalue weighted by Gasteiger charge is -2.29. The molecule has 0 radical (unpaired) electrons. The van der Waals surface area contributed by atoms with Gasteiger partial charge in [0, 0.05) is 19.3 Å². The number of nitrogens with one attached hydrogen (secondary N) is 8. The number of hydrogen-bond donors (Lipinski definition) is 15. The number of rotatable bonds is 38. The van der Waals surface area contributed by atoms with Crippen LogP contribution in [0.25, 0.3) is 0 Å². The van der Waals surface area contributed by atoms with E-state index in [1.54, 1.807) is 44.2 Å². The second-order valence-electron chi connectivity index (χ2n) is 18.3. The van der Waals surface area contributed by atoms with Crippen molar-refractivity contribution in [1.82, 2.24) is 42.5 Å². The Morgan fingerprint density at radius 2 is 0.811 bits per heavy atom. The van der Waals surface area contributed by atoms with Crippen LogP contribution in [0.4, 0.5) is 0 Å². The third-order valence-electron chi connectivity index (χ3n) is 11.7. The monoisotopic (exact) mass is 1050 g/mol. The van der Waals surface area contributed by atoms with Gasteiger partial charge in [0.1, 0.15) is 48.3 Å². The number of carbonyl (C=O) groups excluding carboxylic acids is 8. The van der Waals surface area contributed by atoms with Crippen molar-refractivity contribution in [3.05, 3.63) is 35.9 Å². The molecule has 0 spiro atoms. The van der Waals surface area contributed by atoms with Crippen LogP contribution in [0.5, 0.6) is 0 Å². The van der Waals surface area contributed by atoms with Gasteiger partial charge in [0.05, 0.1) is 6.04 Å². The molecule has 19 N–H and O–H groups in total. The van der Waals surface area contributed by atoms with E-state index in [1.165, 1.54) is 13.8 Å². The van der Waals surface area contributed by atoms with Crippen LogP contribution in [0.2, 0.25) is 0 Å². The molecule has 0 bridgehead atoms. The highest BCUT2D eigenvalue weighted by Crippen LogP contribution is 2.11. The van der Waals surface area contributed by atoms with Crippen molar-refractivity contribution in [3.8, 4) is 0 Å². The van der Waals surface area contributed by atoms with E-state index in [-0.39, 0.29) is 51.6 Å². The van der Waals surface area contributed by atoms with E-state index in [2.05, 4.69) is 42.5 Å². The molecule has 0 aliphatic heterocycles. The Morgan fingerprint density at radius 3 is 1.28 bits per heavy atom. The summed E-state index contributed by atoms with van der Waals surface area (Å²) in [6, 6.07) is -3.39. The Labute approximate surface area is 431 Å². The van der Waals surface area contributed by atoms with Crippen molar-refractivity contribution in [2.75, 3.05) is 19.6 Å².